The number of aryl methyl sites for hydroxylation is 1. The Bertz CT molecular complexity index is 686. The second-order valence-electron chi connectivity index (χ2n) is 5.93. The molecule has 23 heavy (non-hydrogen) atoms. The van der Waals surface area contributed by atoms with Crippen LogP contribution in [0.25, 0.3) is 0 Å². The predicted molar refractivity (Wildman–Crippen MR) is 89.9 cm³/mol. The van der Waals surface area contributed by atoms with Gasteiger partial charge >= 0.3 is 0 Å². The summed E-state index contributed by atoms with van der Waals surface area (Å²) < 4.78 is 13.1. The smallest absolute Gasteiger partial charge is 0.223 e. The van der Waals surface area contributed by atoms with E-state index in [1.807, 2.05) is 29.2 Å². The summed E-state index contributed by atoms with van der Waals surface area (Å²) in [4.78, 5) is 14.5. The number of halogens is 2. The second kappa shape index (κ2) is 7.14. The molecule has 0 saturated carbocycles. The van der Waals surface area contributed by atoms with Crippen LogP contribution in [0.15, 0.2) is 48.5 Å². The average molecular weight is 332 g/mol. The van der Waals surface area contributed by atoms with E-state index in [0.717, 1.165) is 30.5 Å². The number of carbonyl (C=O) groups is 1. The fourth-order valence-electron chi connectivity index (χ4n) is 3.18. The number of hydrogen-bond donors (Lipinski definition) is 0. The quantitative estimate of drug-likeness (QED) is 0.789. The van der Waals surface area contributed by atoms with Gasteiger partial charge in [-0.2, -0.15) is 0 Å². The first-order chi connectivity index (χ1) is 11.1. The molecule has 1 fully saturated rings. The van der Waals surface area contributed by atoms with Gasteiger partial charge in [0.1, 0.15) is 5.82 Å². The largest absolute Gasteiger partial charge is 0.336 e. The summed E-state index contributed by atoms with van der Waals surface area (Å²) in [6.07, 6.45) is 3.09. The molecule has 0 spiro atoms. The van der Waals surface area contributed by atoms with Crippen molar-refractivity contribution in [3.05, 3.63) is 70.5 Å². The van der Waals surface area contributed by atoms with Gasteiger partial charge in [0, 0.05) is 18.0 Å². The zero-order valence-corrected chi connectivity index (χ0v) is 13.6. The molecule has 1 aliphatic heterocycles. The van der Waals surface area contributed by atoms with Crippen LogP contribution in [0.1, 0.15) is 36.4 Å². The molecule has 3 rings (SSSR count). The molecule has 0 aromatic heterocycles. The highest BCUT2D eigenvalue weighted by atomic mass is 35.5. The van der Waals surface area contributed by atoms with Crippen molar-refractivity contribution in [2.75, 3.05) is 6.54 Å². The second-order valence-corrected chi connectivity index (χ2v) is 6.36. The van der Waals surface area contributed by atoms with Gasteiger partial charge in [-0.1, -0.05) is 35.9 Å². The third kappa shape index (κ3) is 3.91. The van der Waals surface area contributed by atoms with Gasteiger partial charge in [-0.15, -0.1) is 0 Å². The summed E-state index contributed by atoms with van der Waals surface area (Å²) in [6.45, 7) is 0.774. The van der Waals surface area contributed by atoms with Crippen LogP contribution in [-0.2, 0) is 11.2 Å². The highest BCUT2D eigenvalue weighted by Gasteiger charge is 2.29. The zero-order valence-electron chi connectivity index (χ0n) is 12.8. The number of likely N-dealkylation sites (tertiary alicyclic amines) is 1. The molecule has 1 aliphatic rings. The minimum Gasteiger partial charge on any atom is -0.336 e. The summed E-state index contributed by atoms with van der Waals surface area (Å²) in [6, 6.07) is 14.2. The summed E-state index contributed by atoms with van der Waals surface area (Å²) in [5.41, 5.74) is 2.09. The molecule has 0 N–H and O–H groups in total. The van der Waals surface area contributed by atoms with E-state index in [1.165, 1.54) is 12.1 Å². The van der Waals surface area contributed by atoms with Crippen molar-refractivity contribution in [3.63, 3.8) is 0 Å². The maximum Gasteiger partial charge on any atom is 0.223 e. The Labute approximate surface area is 140 Å². The lowest BCUT2D eigenvalue weighted by atomic mass is 10.0. The molecule has 1 atom stereocenters. The number of hydrogen-bond acceptors (Lipinski definition) is 1. The fraction of sp³-hybridized carbons (Fsp3) is 0.316. The van der Waals surface area contributed by atoms with Crippen LogP contribution in [0.2, 0.25) is 5.02 Å². The van der Waals surface area contributed by atoms with Crippen molar-refractivity contribution in [3.8, 4) is 0 Å². The van der Waals surface area contributed by atoms with Gasteiger partial charge in [0.2, 0.25) is 5.91 Å². The van der Waals surface area contributed by atoms with Gasteiger partial charge in [-0.05, 0) is 54.7 Å². The maximum absolute atomic E-state index is 13.1. The van der Waals surface area contributed by atoms with Crippen LogP contribution in [0.4, 0.5) is 4.39 Å². The highest BCUT2D eigenvalue weighted by molar-refractivity contribution is 6.30. The molecule has 1 amide bonds. The topological polar surface area (TPSA) is 20.3 Å². The van der Waals surface area contributed by atoms with Crippen LogP contribution < -0.4 is 0 Å². The number of carbonyl (C=O) groups excluding carboxylic acids is 1. The Morgan fingerprint density at radius 1 is 1.22 bits per heavy atom. The highest BCUT2D eigenvalue weighted by Crippen LogP contribution is 2.32. The lowest BCUT2D eigenvalue weighted by molar-refractivity contribution is -0.132. The SMILES string of the molecule is O=C(CCc1cccc(Cl)c1)N1CCCC1c1ccc(F)cc1. The molecule has 0 bridgehead atoms. The summed E-state index contributed by atoms with van der Waals surface area (Å²) in [5, 5.41) is 0.695. The summed E-state index contributed by atoms with van der Waals surface area (Å²) >= 11 is 5.98. The van der Waals surface area contributed by atoms with Crippen molar-refractivity contribution < 1.29 is 9.18 Å². The number of nitrogens with zero attached hydrogens (tertiary/aromatic N) is 1. The van der Waals surface area contributed by atoms with E-state index < -0.39 is 0 Å². The Morgan fingerprint density at radius 2 is 2.00 bits per heavy atom. The molecular weight excluding hydrogens is 313 g/mol. The molecule has 2 aromatic rings. The van der Waals surface area contributed by atoms with Gasteiger partial charge in [0.25, 0.3) is 0 Å². The Balaban J connectivity index is 1.65. The van der Waals surface area contributed by atoms with E-state index in [4.69, 9.17) is 11.6 Å². The van der Waals surface area contributed by atoms with Crippen molar-refractivity contribution in [2.45, 2.75) is 31.7 Å². The molecule has 0 radical (unpaired) electrons. The van der Waals surface area contributed by atoms with Crippen LogP contribution in [0.3, 0.4) is 0 Å². The van der Waals surface area contributed by atoms with Crippen LogP contribution in [-0.4, -0.2) is 17.4 Å². The lowest BCUT2D eigenvalue weighted by Crippen LogP contribution is -2.30. The number of amides is 1. The van der Waals surface area contributed by atoms with Crippen molar-refractivity contribution in [2.24, 2.45) is 0 Å². The first kappa shape index (κ1) is 16.0. The molecule has 1 heterocycles. The minimum absolute atomic E-state index is 0.0717. The van der Waals surface area contributed by atoms with E-state index in [-0.39, 0.29) is 17.8 Å². The van der Waals surface area contributed by atoms with Gasteiger partial charge < -0.3 is 4.90 Å². The monoisotopic (exact) mass is 331 g/mol. The Kier molecular flexibility index (Phi) is 4.97. The van der Waals surface area contributed by atoms with Gasteiger partial charge in [0.15, 0.2) is 0 Å². The molecule has 2 nitrogen and oxygen atoms in total. The number of rotatable bonds is 4. The maximum atomic E-state index is 13.1. The van der Waals surface area contributed by atoms with E-state index in [9.17, 15) is 9.18 Å². The van der Waals surface area contributed by atoms with E-state index in [2.05, 4.69) is 0 Å². The first-order valence-corrected chi connectivity index (χ1v) is 8.30. The van der Waals surface area contributed by atoms with Gasteiger partial charge in [-0.25, -0.2) is 4.39 Å². The average Bonchev–Trinajstić information content (AvgIpc) is 3.03. The Morgan fingerprint density at radius 3 is 2.74 bits per heavy atom. The van der Waals surface area contributed by atoms with Crippen molar-refractivity contribution in [1.29, 1.82) is 0 Å². The van der Waals surface area contributed by atoms with E-state index >= 15 is 0 Å². The lowest BCUT2D eigenvalue weighted by Gasteiger charge is -2.25. The fourth-order valence-corrected chi connectivity index (χ4v) is 3.40. The van der Waals surface area contributed by atoms with Crippen LogP contribution in [0, 0.1) is 5.82 Å². The molecule has 0 aliphatic carbocycles. The van der Waals surface area contributed by atoms with Crippen molar-refractivity contribution >= 4 is 17.5 Å². The molecule has 1 saturated heterocycles. The molecule has 4 heteroatoms. The predicted octanol–water partition coefficient (Wildman–Crippen LogP) is 4.78. The standard InChI is InChI=1S/C19H19ClFNO/c20-16-4-1-3-14(13-16)6-11-19(23)22-12-2-5-18(22)15-7-9-17(21)10-8-15/h1,3-4,7-10,13,18H,2,5-6,11-12H2. The van der Waals surface area contributed by atoms with Gasteiger partial charge in [-0.3, -0.25) is 4.79 Å². The normalized spacial score (nSPS) is 17.5. The molecule has 1 unspecified atom stereocenters. The third-order valence-corrected chi connectivity index (χ3v) is 4.58. The zero-order chi connectivity index (χ0) is 16.2. The van der Waals surface area contributed by atoms with Crippen LogP contribution in [0.5, 0.6) is 0 Å². The first-order valence-electron chi connectivity index (χ1n) is 7.93. The molecular formula is C19H19ClFNO. The molecule has 2 aromatic carbocycles. The summed E-state index contributed by atoms with van der Waals surface area (Å²) in [5.74, 6) is -0.0950. The van der Waals surface area contributed by atoms with E-state index in [1.54, 1.807) is 12.1 Å². The van der Waals surface area contributed by atoms with E-state index in [0.29, 0.717) is 17.9 Å². The van der Waals surface area contributed by atoms with Gasteiger partial charge in [0.05, 0.1) is 6.04 Å². The Hall–Kier alpha value is -1.87. The minimum atomic E-state index is -0.245. The van der Waals surface area contributed by atoms with Crippen LogP contribution >= 0.6 is 11.6 Å². The third-order valence-electron chi connectivity index (χ3n) is 4.34. The number of benzene rings is 2. The molecule has 120 valence electrons. The summed E-state index contributed by atoms with van der Waals surface area (Å²) in [7, 11) is 0. The van der Waals surface area contributed by atoms with Crippen molar-refractivity contribution in [1.82, 2.24) is 4.90 Å².